The van der Waals surface area contributed by atoms with Crippen LogP contribution in [-0.2, 0) is 0 Å². The van der Waals surface area contributed by atoms with E-state index in [0.29, 0.717) is 16.4 Å². The Kier molecular flexibility index (Phi) is 4.45. The van der Waals surface area contributed by atoms with Gasteiger partial charge in [0.25, 0.3) is 0 Å². The number of nitrogens with one attached hydrogen (secondary N) is 1. The Bertz CT molecular complexity index is 265. The molecule has 0 spiro atoms. The van der Waals surface area contributed by atoms with Crippen molar-refractivity contribution in [3.8, 4) is 0 Å². The molecule has 1 saturated heterocycles. The van der Waals surface area contributed by atoms with E-state index in [1.165, 1.54) is 12.8 Å². The maximum atomic E-state index is 3.75. The van der Waals surface area contributed by atoms with Crippen molar-refractivity contribution in [1.29, 1.82) is 0 Å². The second kappa shape index (κ2) is 4.99. The normalized spacial score (nSPS) is 32.7. The lowest BCUT2D eigenvalue weighted by atomic mass is 9.27. The molecule has 2 radical (unpaired) electrons. The van der Waals surface area contributed by atoms with Crippen LogP contribution in [0.1, 0.15) is 61.3 Å². The molecule has 0 aromatic rings. The van der Waals surface area contributed by atoms with Crippen molar-refractivity contribution in [2.45, 2.75) is 84.0 Å². The molecule has 17 heavy (non-hydrogen) atoms. The number of hydrogen-bond acceptors (Lipinski definition) is 1. The van der Waals surface area contributed by atoms with Crippen molar-refractivity contribution >= 4 is 14.3 Å². The molecule has 1 nitrogen and oxygen atoms in total. The summed E-state index contributed by atoms with van der Waals surface area (Å²) in [5.74, 6) is 0.767. The second-order valence-corrected chi connectivity index (χ2v) is 7.36. The minimum absolute atomic E-state index is 0.298. The molecular formula is C14H29B2N. The molecular weight excluding hydrogens is 204 g/mol. The summed E-state index contributed by atoms with van der Waals surface area (Å²) in [6.07, 6.45) is 3.63. The minimum Gasteiger partial charge on any atom is -0.303 e. The molecule has 1 aliphatic heterocycles. The molecule has 0 aliphatic carbocycles. The molecule has 1 N–H and O–H groups in total. The Hall–Kier alpha value is 0.0899. The highest BCUT2D eigenvalue weighted by molar-refractivity contribution is 7.01. The topological polar surface area (TPSA) is 21.9 Å². The average molecular weight is 233 g/mol. The highest BCUT2D eigenvalue weighted by Crippen LogP contribution is 2.50. The van der Waals surface area contributed by atoms with Crippen molar-refractivity contribution in [2.24, 2.45) is 5.92 Å². The molecule has 0 aromatic heterocycles. The van der Waals surface area contributed by atoms with Crippen molar-refractivity contribution in [3.63, 3.8) is 0 Å². The SMILES string of the molecule is CC[B][B]C(C)(C)CC1(C)NC1(C)CC(C)C. The van der Waals surface area contributed by atoms with Gasteiger partial charge in [0, 0.05) is 11.1 Å². The summed E-state index contributed by atoms with van der Waals surface area (Å²) in [6, 6.07) is 0. The molecule has 1 aliphatic rings. The van der Waals surface area contributed by atoms with Crippen molar-refractivity contribution in [3.05, 3.63) is 0 Å². The molecule has 2 unspecified atom stereocenters. The second-order valence-electron chi connectivity index (χ2n) is 7.36. The molecule has 96 valence electrons. The first-order chi connectivity index (χ1) is 7.64. The summed E-state index contributed by atoms with van der Waals surface area (Å²) in [5, 5.41) is 4.05. The van der Waals surface area contributed by atoms with E-state index in [1.54, 1.807) is 0 Å². The molecule has 0 amide bonds. The van der Waals surface area contributed by atoms with E-state index in [0.717, 1.165) is 12.2 Å². The fourth-order valence-corrected chi connectivity index (χ4v) is 3.32. The smallest absolute Gasteiger partial charge is 0.0731 e. The van der Waals surface area contributed by atoms with Gasteiger partial charge in [-0.1, -0.05) is 46.3 Å². The Morgan fingerprint density at radius 1 is 1.18 bits per heavy atom. The predicted octanol–water partition coefficient (Wildman–Crippen LogP) is 3.50. The first-order valence-corrected chi connectivity index (χ1v) is 7.11. The van der Waals surface area contributed by atoms with Gasteiger partial charge in [-0.05, 0) is 32.6 Å². The van der Waals surface area contributed by atoms with Crippen LogP contribution in [0.2, 0.25) is 11.6 Å². The highest BCUT2D eigenvalue weighted by atomic mass is 15.3. The lowest BCUT2D eigenvalue weighted by Crippen LogP contribution is -2.30. The molecule has 0 bridgehead atoms. The largest absolute Gasteiger partial charge is 0.303 e. The molecule has 0 aromatic carbocycles. The van der Waals surface area contributed by atoms with Gasteiger partial charge in [0.05, 0.1) is 14.3 Å². The van der Waals surface area contributed by atoms with E-state index in [4.69, 9.17) is 0 Å². The third-order valence-electron chi connectivity index (χ3n) is 4.14. The highest BCUT2D eigenvalue weighted by Gasteiger charge is 2.60. The number of hydrogen-bond donors (Lipinski definition) is 1. The molecule has 1 fully saturated rings. The van der Waals surface area contributed by atoms with E-state index >= 15 is 0 Å². The van der Waals surface area contributed by atoms with Gasteiger partial charge < -0.3 is 5.32 Å². The van der Waals surface area contributed by atoms with Crippen molar-refractivity contribution < 1.29 is 0 Å². The van der Waals surface area contributed by atoms with Gasteiger partial charge in [0.15, 0.2) is 0 Å². The summed E-state index contributed by atoms with van der Waals surface area (Å²) in [7, 11) is 4.68. The molecule has 1 rings (SSSR count). The first-order valence-electron chi connectivity index (χ1n) is 7.11. The van der Waals surface area contributed by atoms with Crippen LogP contribution in [0, 0.1) is 5.92 Å². The molecule has 2 atom stereocenters. The Morgan fingerprint density at radius 2 is 1.76 bits per heavy atom. The number of rotatable bonds is 7. The van der Waals surface area contributed by atoms with E-state index in [-0.39, 0.29) is 0 Å². The van der Waals surface area contributed by atoms with Gasteiger partial charge in [-0.2, -0.15) is 0 Å². The van der Waals surface area contributed by atoms with E-state index in [2.05, 4.69) is 68.1 Å². The first kappa shape index (κ1) is 15.1. The van der Waals surface area contributed by atoms with Crippen LogP contribution < -0.4 is 5.32 Å². The lowest BCUT2D eigenvalue weighted by molar-refractivity contribution is 0.410. The zero-order valence-electron chi connectivity index (χ0n) is 12.9. The standard InChI is InChI=1S/C14H29B2N/c1-8-15-16-12(4,5)10-14(7)13(6,17-14)9-11(2)3/h11,17H,8-10H2,1-7H3. The monoisotopic (exact) mass is 233 g/mol. The van der Waals surface area contributed by atoms with Crippen molar-refractivity contribution in [1.82, 2.24) is 5.32 Å². The van der Waals surface area contributed by atoms with Crippen LogP contribution >= 0.6 is 0 Å². The predicted molar refractivity (Wildman–Crippen MR) is 80.0 cm³/mol. The minimum atomic E-state index is 0.298. The molecule has 3 heteroatoms. The van der Waals surface area contributed by atoms with E-state index in [9.17, 15) is 0 Å². The summed E-state index contributed by atoms with van der Waals surface area (Å²) in [5.41, 5.74) is 0.664. The van der Waals surface area contributed by atoms with Gasteiger partial charge in [0.1, 0.15) is 0 Å². The summed E-state index contributed by atoms with van der Waals surface area (Å²) >= 11 is 0. The van der Waals surface area contributed by atoms with Gasteiger partial charge in [-0.25, -0.2) is 0 Å². The van der Waals surface area contributed by atoms with Gasteiger partial charge in [-0.3, -0.25) is 0 Å². The fraction of sp³-hybridized carbons (Fsp3) is 1.00. The Morgan fingerprint density at radius 3 is 2.24 bits per heavy atom. The fourth-order valence-electron chi connectivity index (χ4n) is 3.32. The van der Waals surface area contributed by atoms with Crippen LogP contribution in [0.15, 0.2) is 0 Å². The van der Waals surface area contributed by atoms with Gasteiger partial charge in [-0.15, -0.1) is 0 Å². The van der Waals surface area contributed by atoms with Gasteiger partial charge in [0.2, 0.25) is 0 Å². The summed E-state index contributed by atoms with van der Waals surface area (Å²) in [6.45, 7) is 16.3. The van der Waals surface area contributed by atoms with Crippen LogP contribution in [0.5, 0.6) is 0 Å². The average Bonchev–Trinajstić information content (AvgIpc) is 2.61. The third kappa shape index (κ3) is 3.77. The summed E-state index contributed by atoms with van der Waals surface area (Å²) in [4.78, 5) is 0. The zero-order valence-corrected chi connectivity index (χ0v) is 12.9. The molecule has 1 heterocycles. The van der Waals surface area contributed by atoms with Crippen molar-refractivity contribution in [2.75, 3.05) is 0 Å². The van der Waals surface area contributed by atoms with E-state index < -0.39 is 0 Å². The summed E-state index contributed by atoms with van der Waals surface area (Å²) < 4.78 is 0. The Balaban J connectivity index is 2.52. The van der Waals surface area contributed by atoms with Gasteiger partial charge >= 0.3 is 0 Å². The third-order valence-corrected chi connectivity index (χ3v) is 4.14. The van der Waals surface area contributed by atoms with Crippen LogP contribution in [-0.4, -0.2) is 25.4 Å². The molecule has 0 saturated carbocycles. The zero-order chi connectivity index (χ0) is 13.3. The Labute approximate surface area is 110 Å². The van der Waals surface area contributed by atoms with E-state index in [1.807, 2.05) is 0 Å². The quantitative estimate of drug-likeness (QED) is 0.527. The maximum absolute atomic E-state index is 3.75. The van der Waals surface area contributed by atoms with Crippen LogP contribution in [0.25, 0.3) is 0 Å². The van der Waals surface area contributed by atoms with Crippen LogP contribution in [0.3, 0.4) is 0 Å². The maximum Gasteiger partial charge on any atom is 0.0731 e. The van der Waals surface area contributed by atoms with Crippen LogP contribution in [0.4, 0.5) is 0 Å². The lowest BCUT2D eigenvalue weighted by Gasteiger charge is -2.29.